The van der Waals surface area contributed by atoms with Crippen LogP contribution in [0.15, 0.2) is 18.2 Å². The van der Waals surface area contributed by atoms with Gasteiger partial charge in [0.15, 0.2) is 0 Å². The Morgan fingerprint density at radius 2 is 1.83 bits per heavy atom. The number of aliphatic hydroxyl groups excluding tert-OH is 1. The summed E-state index contributed by atoms with van der Waals surface area (Å²) in [5.74, 6) is -0.288. The average molecular weight is 253 g/mol. The Bertz CT molecular complexity index is 392. The summed E-state index contributed by atoms with van der Waals surface area (Å²) >= 11 is 0. The third-order valence-corrected chi connectivity index (χ3v) is 3.38. The number of nitrogen functional groups attached to an aromatic ring is 1. The second kappa shape index (κ2) is 6.13. The van der Waals surface area contributed by atoms with Gasteiger partial charge < -0.3 is 10.8 Å². The monoisotopic (exact) mass is 253 g/mol. The molecule has 1 saturated heterocycles. The minimum Gasteiger partial charge on any atom is -0.398 e. The molecule has 0 atom stereocenters. The average Bonchev–Trinajstić information content (AvgIpc) is 2.35. The highest BCUT2D eigenvalue weighted by Gasteiger charge is 2.17. The topological polar surface area (TPSA) is 52.7 Å². The van der Waals surface area contributed by atoms with E-state index in [0.717, 1.165) is 44.8 Å². The number of piperazine rings is 1. The van der Waals surface area contributed by atoms with Gasteiger partial charge in [-0.05, 0) is 17.7 Å². The molecule has 1 aliphatic rings. The Morgan fingerprint density at radius 1 is 1.17 bits per heavy atom. The fourth-order valence-corrected chi connectivity index (χ4v) is 2.26. The molecule has 18 heavy (non-hydrogen) atoms. The number of nitrogens with two attached hydrogens (primary N) is 1. The quantitative estimate of drug-likeness (QED) is 0.768. The van der Waals surface area contributed by atoms with Crippen molar-refractivity contribution in [3.05, 3.63) is 29.6 Å². The van der Waals surface area contributed by atoms with Crippen molar-refractivity contribution in [3.63, 3.8) is 0 Å². The summed E-state index contributed by atoms with van der Waals surface area (Å²) < 4.78 is 12.9. The molecule has 5 heteroatoms. The Hall–Kier alpha value is -1.17. The first kappa shape index (κ1) is 13.3. The summed E-state index contributed by atoms with van der Waals surface area (Å²) in [6.07, 6.45) is 0. The lowest BCUT2D eigenvalue weighted by molar-refractivity contribution is 0.108. The van der Waals surface area contributed by atoms with Gasteiger partial charge >= 0.3 is 0 Å². The number of hydrogen-bond donors (Lipinski definition) is 2. The number of aliphatic hydroxyl groups is 1. The molecule has 2 rings (SSSR count). The fraction of sp³-hybridized carbons (Fsp3) is 0.538. The van der Waals surface area contributed by atoms with Crippen LogP contribution in [0.2, 0.25) is 0 Å². The highest BCUT2D eigenvalue weighted by Crippen LogP contribution is 2.16. The lowest BCUT2D eigenvalue weighted by Gasteiger charge is -2.34. The summed E-state index contributed by atoms with van der Waals surface area (Å²) in [6, 6.07) is 4.58. The van der Waals surface area contributed by atoms with Gasteiger partial charge in [-0.15, -0.1) is 0 Å². The highest BCUT2D eigenvalue weighted by molar-refractivity contribution is 5.46. The maximum Gasteiger partial charge on any atom is 0.125 e. The molecule has 100 valence electrons. The number of hydrogen-bond acceptors (Lipinski definition) is 4. The van der Waals surface area contributed by atoms with Crippen LogP contribution >= 0.6 is 0 Å². The van der Waals surface area contributed by atoms with Crippen molar-refractivity contribution in [2.75, 3.05) is 45.1 Å². The molecule has 0 amide bonds. The summed E-state index contributed by atoms with van der Waals surface area (Å²) in [7, 11) is 0. The van der Waals surface area contributed by atoms with Crippen molar-refractivity contribution < 1.29 is 9.50 Å². The standard InChI is InChI=1S/C13H20FN3O/c14-12-2-1-11(13(15)9-12)10-17-5-3-16(4-6-17)7-8-18/h1-2,9,18H,3-8,10,15H2. The first-order chi connectivity index (χ1) is 8.69. The highest BCUT2D eigenvalue weighted by atomic mass is 19.1. The van der Waals surface area contributed by atoms with Crippen LogP contribution < -0.4 is 5.73 Å². The molecule has 0 spiro atoms. The second-order valence-electron chi connectivity index (χ2n) is 4.68. The molecule has 0 aliphatic carbocycles. The van der Waals surface area contributed by atoms with Gasteiger partial charge in [0.1, 0.15) is 5.82 Å². The van der Waals surface area contributed by atoms with E-state index >= 15 is 0 Å². The van der Waals surface area contributed by atoms with E-state index in [2.05, 4.69) is 9.80 Å². The maximum atomic E-state index is 12.9. The zero-order valence-electron chi connectivity index (χ0n) is 10.5. The van der Waals surface area contributed by atoms with Crippen molar-refractivity contribution in [2.24, 2.45) is 0 Å². The summed E-state index contributed by atoms with van der Waals surface area (Å²) in [6.45, 7) is 5.55. The van der Waals surface area contributed by atoms with Crippen LogP contribution in [0, 0.1) is 5.82 Å². The Morgan fingerprint density at radius 3 is 2.44 bits per heavy atom. The third kappa shape index (κ3) is 3.41. The molecule has 3 N–H and O–H groups in total. The molecule has 1 aromatic rings. The van der Waals surface area contributed by atoms with Crippen LogP contribution in [0.3, 0.4) is 0 Å². The van der Waals surface area contributed by atoms with E-state index < -0.39 is 0 Å². The number of rotatable bonds is 4. The van der Waals surface area contributed by atoms with Gasteiger partial charge in [0.05, 0.1) is 6.61 Å². The summed E-state index contributed by atoms with van der Waals surface area (Å²) in [5, 5.41) is 8.87. The number of halogens is 1. The van der Waals surface area contributed by atoms with E-state index in [9.17, 15) is 4.39 Å². The molecular formula is C13H20FN3O. The van der Waals surface area contributed by atoms with Crippen molar-refractivity contribution in [2.45, 2.75) is 6.54 Å². The van der Waals surface area contributed by atoms with E-state index in [-0.39, 0.29) is 12.4 Å². The summed E-state index contributed by atoms with van der Waals surface area (Å²) in [4.78, 5) is 4.54. The lowest BCUT2D eigenvalue weighted by Crippen LogP contribution is -2.46. The molecular weight excluding hydrogens is 233 g/mol. The summed E-state index contributed by atoms with van der Waals surface area (Å²) in [5.41, 5.74) is 7.30. The van der Waals surface area contributed by atoms with Gasteiger partial charge in [-0.3, -0.25) is 9.80 Å². The van der Waals surface area contributed by atoms with E-state index in [1.54, 1.807) is 6.07 Å². The van der Waals surface area contributed by atoms with Crippen molar-refractivity contribution in [1.29, 1.82) is 0 Å². The van der Waals surface area contributed by atoms with Crippen LogP contribution in [0.4, 0.5) is 10.1 Å². The molecule has 0 radical (unpaired) electrons. The molecule has 1 fully saturated rings. The smallest absolute Gasteiger partial charge is 0.125 e. The van der Waals surface area contributed by atoms with Crippen LogP contribution in [0.25, 0.3) is 0 Å². The lowest BCUT2D eigenvalue weighted by atomic mass is 10.1. The zero-order valence-corrected chi connectivity index (χ0v) is 10.5. The Balaban J connectivity index is 1.87. The molecule has 0 unspecified atom stereocenters. The molecule has 4 nitrogen and oxygen atoms in total. The van der Waals surface area contributed by atoms with Crippen LogP contribution in [0.5, 0.6) is 0 Å². The Labute approximate surface area is 107 Å². The normalized spacial score (nSPS) is 18.1. The minimum absolute atomic E-state index is 0.213. The van der Waals surface area contributed by atoms with Crippen molar-refractivity contribution >= 4 is 5.69 Å². The van der Waals surface area contributed by atoms with Gasteiger partial charge in [-0.25, -0.2) is 4.39 Å². The third-order valence-electron chi connectivity index (χ3n) is 3.38. The molecule has 1 aliphatic heterocycles. The molecule has 0 bridgehead atoms. The van der Waals surface area contributed by atoms with Gasteiger partial charge in [0.25, 0.3) is 0 Å². The van der Waals surface area contributed by atoms with Crippen LogP contribution in [-0.4, -0.2) is 54.2 Å². The zero-order chi connectivity index (χ0) is 13.0. The minimum atomic E-state index is -0.288. The number of anilines is 1. The predicted molar refractivity (Wildman–Crippen MR) is 69.6 cm³/mol. The number of benzene rings is 1. The first-order valence-corrected chi connectivity index (χ1v) is 6.28. The van der Waals surface area contributed by atoms with E-state index in [1.807, 2.05) is 0 Å². The molecule has 1 heterocycles. The van der Waals surface area contributed by atoms with Crippen LogP contribution in [0.1, 0.15) is 5.56 Å². The van der Waals surface area contributed by atoms with E-state index in [1.165, 1.54) is 12.1 Å². The predicted octanol–water partition coefficient (Wildman–Crippen LogP) is 0.518. The number of nitrogens with zero attached hydrogens (tertiary/aromatic N) is 2. The van der Waals surface area contributed by atoms with Gasteiger partial charge in [-0.2, -0.15) is 0 Å². The Kier molecular flexibility index (Phi) is 4.52. The van der Waals surface area contributed by atoms with E-state index in [0.29, 0.717) is 5.69 Å². The molecule has 0 aromatic heterocycles. The SMILES string of the molecule is Nc1cc(F)ccc1CN1CCN(CCO)CC1. The van der Waals surface area contributed by atoms with Gasteiger partial charge in [-0.1, -0.05) is 6.07 Å². The molecule has 1 aromatic carbocycles. The molecule has 0 saturated carbocycles. The maximum absolute atomic E-state index is 12.9. The van der Waals surface area contributed by atoms with Crippen LogP contribution in [-0.2, 0) is 6.54 Å². The second-order valence-corrected chi connectivity index (χ2v) is 4.68. The van der Waals surface area contributed by atoms with Crippen molar-refractivity contribution in [1.82, 2.24) is 9.80 Å². The largest absolute Gasteiger partial charge is 0.398 e. The van der Waals surface area contributed by atoms with Crippen molar-refractivity contribution in [3.8, 4) is 0 Å². The first-order valence-electron chi connectivity index (χ1n) is 6.28. The van der Waals surface area contributed by atoms with Gasteiger partial charge in [0, 0.05) is 45.0 Å². The number of β-amino-alcohol motifs (C(OH)–C–C–N with tert-alkyl or cyclic N) is 1. The fourth-order valence-electron chi connectivity index (χ4n) is 2.26. The van der Waals surface area contributed by atoms with Gasteiger partial charge in [0.2, 0.25) is 0 Å². The van der Waals surface area contributed by atoms with E-state index in [4.69, 9.17) is 10.8 Å².